The molecule has 4 aromatic rings. The van der Waals surface area contributed by atoms with Crippen LogP contribution in [0.5, 0.6) is 0 Å². The zero-order chi connectivity index (χ0) is 21.0. The van der Waals surface area contributed by atoms with E-state index in [0.717, 1.165) is 47.2 Å². The van der Waals surface area contributed by atoms with E-state index in [9.17, 15) is 0 Å². The summed E-state index contributed by atoms with van der Waals surface area (Å²) in [5, 5.41) is 15.8. The van der Waals surface area contributed by atoms with Gasteiger partial charge in [0.25, 0.3) is 0 Å². The van der Waals surface area contributed by atoms with E-state index in [-0.39, 0.29) is 0 Å². The lowest BCUT2D eigenvalue weighted by atomic mass is 10.1. The van der Waals surface area contributed by atoms with Gasteiger partial charge in [-0.15, -0.1) is 5.10 Å². The van der Waals surface area contributed by atoms with E-state index in [1.54, 1.807) is 6.20 Å². The maximum Gasteiger partial charge on any atom is 0.154 e. The summed E-state index contributed by atoms with van der Waals surface area (Å²) >= 11 is 0. The summed E-state index contributed by atoms with van der Waals surface area (Å²) in [5.41, 5.74) is 4.78. The van der Waals surface area contributed by atoms with E-state index < -0.39 is 0 Å². The molecular weight excluding hydrogens is 388 g/mol. The second-order valence-electron chi connectivity index (χ2n) is 8.10. The van der Waals surface area contributed by atoms with Crippen LogP contribution in [0.3, 0.4) is 0 Å². The highest BCUT2D eigenvalue weighted by molar-refractivity contribution is 5.81. The lowest BCUT2D eigenvalue weighted by Crippen LogP contribution is -2.21. The van der Waals surface area contributed by atoms with Crippen LogP contribution in [0, 0.1) is 6.92 Å². The third kappa shape index (κ3) is 4.69. The van der Waals surface area contributed by atoms with Crippen LogP contribution >= 0.6 is 0 Å². The van der Waals surface area contributed by atoms with Crippen LogP contribution in [0.2, 0.25) is 0 Å². The molecule has 5 rings (SSSR count). The lowest BCUT2D eigenvalue weighted by molar-refractivity contribution is 0.322. The Morgan fingerprint density at radius 2 is 1.84 bits per heavy atom. The highest BCUT2D eigenvalue weighted by Crippen LogP contribution is 2.23. The van der Waals surface area contributed by atoms with E-state index in [0.29, 0.717) is 11.6 Å². The molecule has 0 saturated carbocycles. The fourth-order valence-corrected chi connectivity index (χ4v) is 3.99. The van der Waals surface area contributed by atoms with Gasteiger partial charge in [0.05, 0.1) is 23.4 Å². The summed E-state index contributed by atoms with van der Waals surface area (Å²) in [6.45, 7) is 6.55. The molecular formula is C23H26N8. The maximum absolute atomic E-state index is 4.71. The van der Waals surface area contributed by atoms with E-state index >= 15 is 0 Å². The molecule has 0 atom stereocenters. The largest absolute Gasteiger partial charge is 0.323 e. The van der Waals surface area contributed by atoms with Gasteiger partial charge in [-0.1, -0.05) is 0 Å². The van der Waals surface area contributed by atoms with Crippen molar-refractivity contribution in [2.24, 2.45) is 0 Å². The highest BCUT2D eigenvalue weighted by Gasteiger charge is 2.11. The fourth-order valence-electron chi connectivity index (χ4n) is 3.99. The van der Waals surface area contributed by atoms with Gasteiger partial charge in [0.15, 0.2) is 5.82 Å². The number of hydrogen-bond donors (Lipinski definition) is 1. The standard InChI is InChI=1S/C23H26N8/c1-17-11-23(29-25-13-17)28-22-6-5-20-21(27-22)12-18(14-24-20)19-15-26-31(16-19)10-4-9-30-7-2-3-8-30/h5-6,11-16H,2-4,7-10H2,1H3,(H,27,28,29). The molecule has 31 heavy (non-hydrogen) atoms. The Morgan fingerprint density at radius 1 is 0.935 bits per heavy atom. The summed E-state index contributed by atoms with van der Waals surface area (Å²) in [5.74, 6) is 1.38. The minimum atomic E-state index is 0.672. The first-order valence-corrected chi connectivity index (χ1v) is 10.8. The van der Waals surface area contributed by atoms with E-state index in [1.807, 2.05) is 42.2 Å². The van der Waals surface area contributed by atoms with Crippen molar-refractivity contribution in [2.75, 3.05) is 25.0 Å². The second-order valence-corrected chi connectivity index (χ2v) is 8.10. The normalized spacial score (nSPS) is 14.4. The van der Waals surface area contributed by atoms with Gasteiger partial charge in [-0.05, 0) is 75.6 Å². The number of likely N-dealkylation sites (tertiary alicyclic amines) is 1. The Labute approximate surface area is 181 Å². The summed E-state index contributed by atoms with van der Waals surface area (Å²) in [6, 6.07) is 7.85. The summed E-state index contributed by atoms with van der Waals surface area (Å²) in [6.07, 6.45) is 11.4. The number of nitrogens with one attached hydrogen (secondary N) is 1. The number of aryl methyl sites for hydroxylation is 2. The molecule has 0 radical (unpaired) electrons. The van der Waals surface area contributed by atoms with Gasteiger partial charge in [-0.2, -0.15) is 10.2 Å². The van der Waals surface area contributed by atoms with Crippen LogP contribution in [-0.2, 0) is 6.54 Å². The SMILES string of the molecule is Cc1cnnc(Nc2ccc3ncc(-c4cnn(CCCN5CCCC5)c4)cc3n2)c1. The summed E-state index contributed by atoms with van der Waals surface area (Å²) in [7, 11) is 0. The average molecular weight is 415 g/mol. The van der Waals surface area contributed by atoms with Gasteiger partial charge in [0.2, 0.25) is 0 Å². The fraction of sp³-hybridized carbons (Fsp3) is 0.348. The molecule has 0 amide bonds. The molecule has 1 aliphatic rings. The van der Waals surface area contributed by atoms with E-state index in [4.69, 9.17) is 4.98 Å². The van der Waals surface area contributed by atoms with Gasteiger partial charge in [-0.25, -0.2) is 4.98 Å². The Bertz CT molecular complexity index is 1180. The molecule has 0 spiro atoms. The van der Waals surface area contributed by atoms with Crippen molar-refractivity contribution in [3.8, 4) is 11.1 Å². The number of anilines is 2. The van der Waals surface area contributed by atoms with Crippen LogP contribution in [0.1, 0.15) is 24.8 Å². The smallest absolute Gasteiger partial charge is 0.154 e. The Morgan fingerprint density at radius 3 is 2.71 bits per heavy atom. The van der Waals surface area contributed by atoms with Gasteiger partial charge >= 0.3 is 0 Å². The predicted molar refractivity (Wildman–Crippen MR) is 121 cm³/mol. The Balaban J connectivity index is 1.30. The Hall–Kier alpha value is -3.39. The van der Waals surface area contributed by atoms with Crippen molar-refractivity contribution < 1.29 is 0 Å². The van der Waals surface area contributed by atoms with Gasteiger partial charge in [-0.3, -0.25) is 9.67 Å². The highest BCUT2D eigenvalue weighted by atomic mass is 15.3. The van der Waals surface area contributed by atoms with Crippen molar-refractivity contribution in [1.82, 2.24) is 34.8 Å². The Kier molecular flexibility index (Phi) is 5.54. The first-order valence-electron chi connectivity index (χ1n) is 10.8. The minimum Gasteiger partial charge on any atom is -0.323 e. The third-order valence-electron chi connectivity index (χ3n) is 5.61. The molecule has 0 unspecified atom stereocenters. The first kappa shape index (κ1) is 19.6. The van der Waals surface area contributed by atoms with Crippen molar-refractivity contribution in [3.63, 3.8) is 0 Å². The molecule has 8 nitrogen and oxygen atoms in total. The summed E-state index contributed by atoms with van der Waals surface area (Å²) < 4.78 is 2.03. The molecule has 1 fully saturated rings. The van der Waals surface area contributed by atoms with E-state index in [1.165, 1.54) is 25.9 Å². The summed E-state index contributed by atoms with van der Waals surface area (Å²) in [4.78, 5) is 11.8. The van der Waals surface area contributed by atoms with Crippen LogP contribution < -0.4 is 5.32 Å². The van der Waals surface area contributed by atoms with Crippen molar-refractivity contribution in [1.29, 1.82) is 0 Å². The number of hydrogen-bond acceptors (Lipinski definition) is 7. The van der Waals surface area contributed by atoms with Gasteiger partial charge < -0.3 is 10.2 Å². The second kappa shape index (κ2) is 8.77. The predicted octanol–water partition coefficient (Wildman–Crippen LogP) is 3.82. The van der Waals surface area contributed by atoms with Crippen molar-refractivity contribution in [2.45, 2.75) is 32.7 Å². The molecule has 1 saturated heterocycles. The van der Waals surface area contributed by atoms with Crippen LogP contribution in [0.4, 0.5) is 11.6 Å². The lowest BCUT2D eigenvalue weighted by Gasteiger charge is -2.13. The van der Waals surface area contributed by atoms with E-state index in [2.05, 4.69) is 42.8 Å². The van der Waals surface area contributed by atoms with Gasteiger partial charge in [0, 0.05) is 30.1 Å². The van der Waals surface area contributed by atoms with Crippen molar-refractivity contribution >= 4 is 22.7 Å². The molecule has 4 aromatic heterocycles. The number of aromatic nitrogens is 6. The molecule has 0 aromatic carbocycles. The van der Waals surface area contributed by atoms with Crippen LogP contribution in [-0.4, -0.2) is 54.5 Å². The average Bonchev–Trinajstić information content (AvgIpc) is 3.46. The molecule has 1 aliphatic heterocycles. The minimum absolute atomic E-state index is 0.672. The maximum atomic E-state index is 4.71. The van der Waals surface area contributed by atoms with Crippen molar-refractivity contribution in [3.05, 3.63) is 54.6 Å². The quantitative estimate of drug-likeness (QED) is 0.492. The number of rotatable bonds is 7. The van der Waals surface area contributed by atoms with Gasteiger partial charge in [0.1, 0.15) is 5.82 Å². The number of nitrogens with zero attached hydrogens (tertiary/aromatic N) is 7. The molecule has 0 aliphatic carbocycles. The number of pyridine rings is 2. The topological polar surface area (TPSA) is 84.7 Å². The molecule has 8 heteroatoms. The molecule has 5 heterocycles. The zero-order valence-electron chi connectivity index (χ0n) is 17.7. The molecule has 158 valence electrons. The monoisotopic (exact) mass is 414 g/mol. The first-order chi connectivity index (χ1) is 15.2. The zero-order valence-corrected chi connectivity index (χ0v) is 17.7. The van der Waals surface area contributed by atoms with Crippen LogP contribution in [0.25, 0.3) is 22.2 Å². The van der Waals surface area contributed by atoms with Crippen LogP contribution in [0.15, 0.2) is 49.1 Å². The third-order valence-corrected chi connectivity index (χ3v) is 5.61. The number of fused-ring (bicyclic) bond motifs is 1. The molecule has 1 N–H and O–H groups in total. The molecule has 0 bridgehead atoms.